The van der Waals surface area contributed by atoms with Crippen LogP contribution in [0.5, 0.6) is 0 Å². The number of aliphatic hydroxyl groups excluding tert-OH is 1. The van der Waals surface area contributed by atoms with Gasteiger partial charge in [-0.25, -0.2) is 0 Å². The maximum absolute atomic E-state index is 9.14. The molecule has 0 bridgehead atoms. The molecule has 3 atom stereocenters. The lowest BCUT2D eigenvalue weighted by Gasteiger charge is -2.17. The Morgan fingerprint density at radius 1 is 1.39 bits per heavy atom. The largest absolute Gasteiger partial charge is 0.396 e. The maximum Gasteiger partial charge on any atom is 0.0534 e. The third-order valence-electron chi connectivity index (χ3n) is 4.30. The lowest BCUT2D eigenvalue weighted by molar-refractivity contribution is 0.217. The Bertz CT molecular complexity index is 403. The molecule has 4 nitrogen and oxygen atoms in total. The molecule has 1 saturated carbocycles. The van der Waals surface area contributed by atoms with Crippen LogP contribution in [0, 0.1) is 23.7 Å². The number of fused-ring (bicyclic) bond motifs is 1. The molecule has 100 valence electrons. The number of aliphatic hydroxyl groups is 1. The highest BCUT2D eigenvalue weighted by atomic mass is 16.3. The van der Waals surface area contributed by atoms with Crippen LogP contribution in [-0.4, -0.2) is 39.5 Å². The fourth-order valence-corrected chi connectivity index (χ4v) is 3.36. The van der Waals surface area contributed by atoms with Gasteiger partial charge < -0.3 is 5.11 Å². The Morgan fingerprint density at radius 3 is 2.72 bits per heavy atom. The van der Waals surface area contributed by atoms with E-state index in [1.807, 2.05) is 10.9 Å². The van der Waals surface area contributed by atoms with E-state index in [1.54, 1.807) is 0 Å². The number of nitrogens with zero attached hydrogens (tertiary/aromatic N) is 3. The smallest absolute Gasteiger partial charge is 0.0534 e. The topological polar surface area (TPSA) is 41.3 Å². The molecule has 2 aliphatic rings. The number of likely N-dealkylation sites (tertiary alicyclic amines) is 1. The number of hydrogen-bond acceptors (Lipinski definition) is 3. The van der Waals surface area contributed by atoms with E-state index in [0.29, 0.717) is 18.4 Å². The van der Waals surface area contributed by atoms with Crippen molar-refractivity contribution in [3.05, 3.63) is 18.0 Å². The van der Waals surface area contributed by atoms with Gasteiger partial charge in [0.25, 0.3) is 0 Å². The second-order valence-electron chi connectivity index (χ2n) is 6.33. The SMILES string of the molecule is CC(C)Cn1cc(CN2C[C@@H]3C(CO)[C@@H]3C2)cn1. The van der Waals surface area contributed by atoms with Crippen molar-refractivity contribution in [1.82, 2.24) is 14.7 Å². The van der Waals surface area contributed by atoms with Crippen LogP contribution in [0.3, 0.4) is 0 Å². The minimum absolute atomic E-state index is 0.384. The van der Waals surface area contributed by atoms with Crippen LogP contribution in [-0.2, 0) is 13.1 Å². The summed E-state index contributed by atoms with van der Waals surface area (Å²) < 4.78 is 2.05. The van der Waals surface area contributed by atoms with E-state index in [9.17, 15) is 0 Å². The molecule has 4 heteroatoms. The quantitative estimate of drug-likeness (QED) is 0.853. The van der Waals surface area contributed by atoms with Crippen molar-refractivity contribution in [3.8, 4) is 0 Å². The summed E-state index contributed by atoms with van der Waals surface area (Å²) in [6.45, 7) is 9.14. The molecule has 1 aliphatic heterocycles. The zero-order chi connectivity index (χ0) is 12.7. The molecule has 0 amide bonds. The Balaban J connectivity index is 1.51. The average molecular weight is 249 g/mol. The van der Waals surface area contributed by atoms with Crippen molar-refractivity contribution >= 4 is 0 Å². The van der Waals surface area contributed by atoms with E-state index in [4.69, 9.17) is 5.11 Å². The van der Waals surface area contributed by atoms with E-state index < -0.39 is 0 Å². The second kappa shape index (κ2) is 4.67. The summed E-state index contributed by atoms with van der Waals surface area (Å²) in [5.41, 5.74) is 1.32. The average Bonchev–Trinajstić information content (AvgIpc) is 2.66. The zero-order valence-corrected chi connectivity index (χ0v) is 11.3. The summed E-state index contributed by atoms with van der Waals surface area (Å²) in [5.74, 6) is 2.77. The van der Waals surface area contributed by atoms with Gasteiger partial charge in [0.1, 0.15) is 0 Å². The Morgan fingerprint density at radius 2 is 2.11 bits per heavy atom. The minimum atomic E-state index is 0.384. The van der Waals surface area contributed by atoms with Crippen molar-refractivity contribution in [2.45, 2.75) is 26.9 Å². The number of hydrogen-bond donors (Lipinski definition) is 1. The highest BCUT2D eigenvalue weighted by molar-refractivity contribution is 5.09. The number of piperidine rings is 1. The molecule has 2 fully saturated rings. The van der Waals surface area contributed by atoms with Gasteiger partial charge in [0.15, 0.2) is 0 Å². The van der Waals surface area contributed by atoms with Gasteiger partial charge in [-0.05, 0) is 23.7 Å². The van der Waals surface area contributed by atoms with E-state index >= 15 is 0 Å². The molecule has 1 aromatic rings. The molecule has 18 heavy (non-hydrogen) atoms. The van der Waals surface area contributed by atoms with Crippen LogP contribution in [0.1, 0.15) is 19.4 Å². The number of rotatable bonds is 5. The summed E-state index contributed by atoms with van der Waals surface area (Å²) in [5, 5.41) is 13.6. The third-order valence-corrected chi connectivity index (χ3v) is 4.30. The Labute approximate surface area is 109 Å². The molecule has 1 aliphatic carbocycles. The molecule has 0 spiro atoms. The first-order valence-corrected chi connectivity index (χ1v) is 7.02. The van der Waals surface area contributed by atoms with Crippen molar-refractivity contribution in [2.75, 3.05) is 19.7 Å². The molecule has 0 aromatic carbocycles. The van der Waals surface area contributed by atoms with Gasteiger partial charge in [-0.1, -0.05) is 13.8 Å². The summed E-state index contributed by atoms with van der Waals surface area (Å²) >= 11 is 0. The lowest BCUT2D eigenvalue weighted by atomic mass is 10.2. The van der Waals surface area contributed by atoms with E-state index in [0.717, 1.165) is 38.0 Å². The van der Waals surface area contributed by atoms with Crippen LogP contribution < -0.4 is 0 Å². The number of aromatic nitrogens is 2. The van der Waals surface area contributed by atoms with Gasteiger partial charge in [0.05, 0.1) is 6.20 Å². The fraction of sp³-hybridized carbons (Fsp3) is 0.786. The van der Waals surface area contributed by atoms with Crippen molar-refractivity contribution < 1.29 is 5.11 Å². The molecule has 1 saturated heterocycles. The highest BCUT2D eigenvalue weighted by Crippen LogP contribution is 2.51. The fourth-order valence-electron chi connectivity index (χ4n) is 3.36. The predicted molar refractivity (Wildman–Crippen MR) is 69.9 cm³/mol. The standard InChI is InChI=1S/C14H23N3O/c1-10(2)4-17-6-11(3-15-17)5-16-7-12-13(8-16)14(12)9-18/h3,6,10,12-14,18H,4-5,7-9H2,1-2H3/t12-,13+,14?. The molecular formula is C14H23N3O. The summed E-state index contributed by atoms with van der Waals surface area (Å²) in [6.07, 6.45) is 4.17. The predicted octanol–water partition coefficient (Wildman–Crippen LogP) is 1.21. The van der Waals surface area contributed by atoms with Gasteiger partial charge in [-0.2, -0.15) is 5.10 Å². The first-order valence-electron chi connectivity index (χ1n) is 7.02. The molecule has 1 N–H and O–H groups in total. The normalized spacial score (nSPS) is 31.0. The van der Waals surface area contributed by atoms with Crippen LogP contribution in [0.25, 0.3) is 0 Å². The molecular weight excluding hydrogens is 226 g/mol. The third kappa shape index (κ3) is 2.31. The van der Waals surface area contributed by atoms with Crippen LogP contribution in [0.4, 0.5) is 0 Å². The molecule has 0 radical (unpaired) electrons. The van der Waals surface area contributed by atoms with Gasteiger partial charge in [0, 0.05) is 44.5 Å². The van der Waals surface area contributed by atoms with Crippen molar-refractivity contribution in [3.63, 3.8) is 0 Å². The Hall–Kier alpha value is -0.870. The van der Waals surface area contributed by atoms with Crippen LogP contribution >= 0.6 is 0 Å². The first kappa shape index (κ1) is 12.2. The van der Waals surface area contributed by atoms with Gasteiger partial charge >= 0.3 is 0 Å². The summed E-state index contributed by atoms with van der Waals surface area (Å²) in [7, 11) is 0. The summed E-state index contributed by atoms with van der Waals surface area (Å²) in [6, 6.07) is 0. The maximum atomic E-state index is 9.14. The van der Waals surface area contributed by atoms with Crippen molar-refractivity contribution in [1.29, 1.82) is 0 Å². The summed E-state index contributed by atoms with van der Waals surface area (Å²) in [4.78, 5) is 2.50. The van der Waals surface area contributed by atoms with Gasteiger partial charge in [0.2, 0.25) is 0 Å². The van der Waals surface area contributed by atoms with E-state index in [1.165, 1.54) is 5.56 Å². The molecule has 3 rings (SSSR count). The van der Waals surface area contributed by atoms with E-state index in [-0.39, 0.29) is 0 Å². The van der Waals surface area contributed by atoms with Gasteiger partial charge in [-0.3, -0.25) is 9.58 Å². The highest BCUT2D eigenvalue weighted by Gasteiger charge is 2.54. The van der Waals surface area contributed by atoms with Crippen LogP contribution in [0.15, 0.2) is 12.4 Å². The molecule has 2 heterocycles. The lowest BCUT2D eigenvalue weighted by Crippen LogP contribution is -2.24. The molecule has 1 aromatic heterocycles. The van der Waals surface area contributed by atoms with Crippen molar-refractivity contribution in [2.24, 2.45) is 23.7 Å². The Kier molecular flexibility index (Phi) is 3.16. The molecule has 1 unspecified atom stereocenters. The van der Waals surface area contributed by atoms with Gasteiger partial charge in [-0.15, -0.1) is 0 Å². The second-order valence-corrected chi connectivity index (χ2v) is 6.33. The first-order chi connectivity index (χ1) is 8.67. The minimum Gasteiger partial charge on any atom is -0.396 e. The monoisotopic (exact) mass is 249 g/mol. The van der Waals surface area contributed by atoms with Crippen LogP contribution in [0.2, 0.25) is 0 Å². The van der Waals surface area contributed by atoms with E-state index in [2.05, 4.69) is 30.0 Å². The zero-order valence-electron chi connectivity index (χ0n) is 11.3.